The minimum absolute atomic E-state index is 0.0150. The van der Waals surface area contributed by atoms with E-state index in [4.69, 9.17) is 5.73 Å². The maximum Gasteiger partial charge on any atom is 0.224 e. The Kier molecular flexibility index (Phi) is 9.02. The molecule has 2 aliphatic rings. The monoisotopic (exact) mass is 449 g/mol. The third-order valence-corrected chi connectivity index (χ3v) is 6.32. The first-order chi connectivity index (χ1) is 15.0. The maximum atomic E-state index is 13.0. The molecule has 0 aromatic heterocycles. The molecule has 1 unspecified atom stereocenters. The Hall–Kier alpha value is -2.26. The van der Waals surface area contributed by atoms with Crippen molar-refractivity contribution in [3.63, 3.8) is 0 Å². The van der Waals surface area contributed by atoms with Gasteiger partial charge in [-0.3, -0.25) is 14.5 Å². The Morgan fingerprint density at radius 3 is 2.61 bits per heavy atom. The number of piperidine rings is 1. The molecule has 2 aliphatic heterocycles. The fraction of sp³-hybridized carbons (Fsp3) is 0.545. The molecule has 1 atom stereocenters. The van der Waals surface area contributed by atoms with Gasteiger partial charge in [0, 0.05) is 25.1 Å². The highest BCUT2D eigenvalue weighted by Crippen LogP contribution is 2.21. The van der Waals surface area contributed by atoms with E-state index in [1.165, 1.54) is 43.2 Å². The Labute approximate surface area is 187 Å². The molecule has 0 saturated carbocycles. The summed E-state index contributed by atoms with van der Waals surface area (Å²) < 4.78 is 13.0. The number of unbranched alkanes of at least 4 members (excludes halogenated alkanes) is 2. The van der Waals surface area contributed by atoms with Gasteiger partial charge in [0.15, 0.2) is 5.50 Å². The standard InChI is InChI=1S/C22H32FN5O2S/c23-16-9-10-19(18(24)13-16)26-20(29)7-3-1-4-8-21(30)27-22-25-17(15-31-22)14-28-11-5-2-6-12-28/h9-10,13,15,22,25H,1-8,11-12,14,24H2,(H,26,29)(H,27,30). The number of hydrogen-bond donors (Lipinski definition) is 4. The van der Waals surface area contributed by atoms with Crippen LogP contribution in [0.5, 0.6) is 0 Å². The van der Waals surface area contributed by atoms with E-state index in [-0.39, 0.29) is 23.0 Å². The van der Waals surface area contributed by atoms with Gasteiger partial charge in [0.1, 0.15) is 5.82 Å². The molecule has 5 N–H and O–H groups in total. The van der Waals surface area contributed by atoms with Crippen LogP contribution in [0.4, 0.5) is 15.8 Å². The van der Waals surface area contributed by atoms with E-state index in [9.17, 15) is 14.0 Å². The van der Waals surface area contributed by atoms with Crippen LogP contribution in [0.1, 0.15) is 51.4 Å². The van der Waals surface area contributed by atoms with E-state index >= 15 is 0 Å². The zero-order valence-corrected chi connectivity index (χ0v) is 18.6. The van der Waals surface area contributed by atoms with Gasteiger partial charge < -0.3 is 21.7 Å². The van der Waals surface area contributed by atoms with E-state index in [0.717, 1.165) is 32.5 Å². The number of nitrogens with one attached hydrogen (secondary N) is 3. The molecule has 0 bridgehead atoms. The van der Waals surface area contributed by atoms with Crippen molar-refractivity contribution in [3.8, 4) is 0 Å². The number of carbonyl (C=O) groups excluding carboxylic acids is 2. The van der Waals surface area contributed by atoms with Crippen molar-refractivity contribution in [2.24, 2.45) is 0 Å². The predicted molar refractivity (Wildman–Crippen MR) is 124 cm³/mol. The fourth-order valence-electron chi connectivity index (χ4n) is 3.72. The maximum absolute atomic E-state index is 13.0. The Morgan fingerprint density at radius 1 is 1.13 bits per heavy atom. The zero-order valence-electron chi connectivity index (χ0n) is 17.8. The number of rotatable bonds is 10. The van der Waals surface area contributed by atoms with Crippen molar-refractivity contribution in [1.82, 2.24) is 15.5 Å². The first-order valence-corrected chi connectivity index (χ1v) is 11.9. The first kappa shape index (κ1) is 23.4. The molecular weight excluding hydrogens is 417 g/mol. The van der Waals surface area contributed by atoms with Crippen LogP contribution in [-0.2, 0) is 9.59 Å². The number of nitrogens with two attached hydrogens (primary N) is 1. The molecule has 3 rings (SSSR count). The van der Waals surface area contributed by atoms with E-state index in [2.05, 4.69) is 26.3 Å². The third-order valence-electron chi connectivity index (χ3n) is 5.39. The number of nitrogens with zero attached hydrogens (tertiary/aromatic N) is 1. The van der Waals surface area contributed by atoms with E-state index < -0.39 is 5.82 Å². The predicted octanol–water partition coefficient (Wildman–Crippen LogP) is 3.36. The minimum atomic E-state index is -0.436. The van der Waals surface area contributed by atoms with Gasteiger partial charge in [-0.25, -0.2) is 4.39 Å². The van der Waals surface area contributed by atoms with Gasteiger partial charge in [-0.2, -0.15) is 0 Å². The van der Waals surface area contributed by atoms with Crippen LogP contribution in [0.15, 0.2) is 29.3 Å². The third kappa shape index (κ3) is 8.06. The number of benzene rings is 1. The number of nitrogen functional groups attached to an aromatic ring is 1. The van der Waals surface area contributed by atoms with Crippen molar-refractivity contribution in [3.05, 3.63) is 35.1 Å². The molecule has 0 aliphatic carbocycles. The van der Waals surface area contributed by atoms with E-state index in [1.54, 1.807) is 11.8 Å². The second-order valence-corrected chi connectivity index (χ2v) is 9.03. The summed E-state index contributed by atoms with van der Waals surface area (Å²) in [5.41, 5.74) is 7.39. The second-order valence-electron chi connectivity index (χ2n) is 8.05. The van der Waals surface area contributed by atoms with Gasteiger partial charge in [-0.05, 0) is 62.4 Å². The summed E-state index contributed by atoms with van der Waals surface area (Å²) in [4.78, 5) is 26.6. The number of hydrogen-bond acceptors (Lipinski definition) is 6. The number of anilines is 2. The Balaban J connectivity index is 1.23. The largest absolute Gasteiger partial charge is 0.397 e. The van der Waals surface area contributed by atoms with Crippen LogP contribution < -0.4 is 21.7 Å². The summed E-state index contributed by atoms with van der Waals surface area (Å²) >= 11 is 1.60. The molecule has 31 heavy (non-hydrogen) atoms. The highest BCUT2D eigenvalue weighted by molar-refractivity contribution is 8.02. The Morgan fingerprint density at radius 2 is 1.87 bits per heavy atom. The zero-order chi connectivity index (χ0) is 22.1. The number of thioether (sulfide) groups is 1. The number of likely N-dealkylation sites (tertiary alicyclic amines) is 1. The molecule has 2 heterocycles. The highest BCUT2D eigenvalue weighted by atomic mass is 32.2. The Bertz CT molecular complexity index is 798. The van der Waals surface area contributed by atoms with Crippen LogP contribution in [0.2, 0.25) is 0 Å². The smallest absolute Gasteiger partial charge is 0.224 e. The minimum Gasteiger partial charge on any atom is -0.397 e. The van der Waals surface area contributed by atoms with Crippen molar-refractivity contribution in [2.45, 2.75) is 56.9 Å². The van der Waals surface area contributed by atoms with Crippen molar-refractivity contribution in [2.75, 3.05) is 30.7 Å². The van der Waals surface area contributed by atoms with E-state index in [0.29, 0.717) is 24.9 Å². The van der Waals surface area contributed by atoms with Crippen LogP contribution in [0.3, 0.4) is 0 Å². The summed E-state index contributed by atoms with van der Waals surface area (Å²) in [7, 11) is 0. The van der Waals surface area contributed by atoms with E-state index in [1.807, 2.05) is 0 Å². The van der Waals surface area contributed by atoms with Crippen LogP contribution in [0.25, 0.3) is 0 Å². The number of amides is 2. The molecule has 2 amide bonds. The first-order valence-electron chi connectivity index (χ1n) is 11.0. The normalized spacial score (nSPS) is 18.9. The lowest BCUT2D eigenvalue weighted by Crippen LogP contribution is -2.42. The average Bonchev–Trinajstić information content (AvgIpc) is 3.17. The van der Waals surface area contributed by atoms with Crippen molar-refractivity contribution >= 4 is 35.0 Å². The van der Waals surface area contributed by atoms with Gasteiger partial charge >= 0.3 is 0 Å². The molecule has 1 aromatic carbocycles. The van der Waals surface area contributed by atoms with Crippen LogP contribution in [0, 0.1) is 5.82 Å². The second kappa shape index (κ2) is 12.0. The number of carbonyl (C=O) groups is 2. The summed E-state index contributed by atoms with van der Waals surface area (Å²) in [5.74, 6) is -0.586. The SMILES string of the molecule is Nc1cc(F)ccc1NC(=O)CCCCCC(=O)NC1NC(CN2CCCCC2)=CS1. The van der Waals surface area contributed by atoms with Gasteiger partial charge in [-0.15, -0.1) is 0 Å². The quantitative estimate of drug-likeness (QED) is 0.323. The van der Waals surface area contributed by atoms with Gasteiger partial charge in [-0.1, -0.05) is 24.6 Å². The van der Waals surface area contributed by atoms with Gasteiger partial charge in [0.2, 0.25) is 11.8 Å². The summed E-state index contributed by atoms with van der Waals surface area (Å²) in [6.45, 7) is 3.22. The molecule has 1 fully saturated rings. The lowest BCUT2D eigenvalue weighted by Gasteiger charge is -2.27. The molecule has 1 aromatic rings. The van der Waals surface area contributed by atoms with Crippen LogP contribution >= 0.6 is 11.8 Å². The molecule has 9 heteroatoms. The molecular formula is C22H32FN5O2S. The molecule has 1 saturated heterocycles. The van der Waals surface area contributed by atoms with Crippen molar-refractivity contribution < 1.29 is 14.0 Å². The molecule has 170 valence electrons. The fourth-order valence-corrected chi connectivity index (χ4v) is 4.59. The molecule has 0 spiro atoms. The summed E-state index contributed by atoms with van der Waals surface area (Å²) in [6.07, 6.45) is 6.81. The van der Waals surface area contributed by atoms with Gasteiger partial charge in [0.25, 0.3) is 0 Å². The van der Waals surface area contributed by atoms with Crippen LogP contribution in [-0.4, -0.2) is 41.8 Å². The van der Waals surface area contributed by atoms with Crippen molar-refractivity contribution in [1.29, 1.82) is 0 Å². The van der Waals surface area contributed by atoms with Gasteiger partial charge in [0.05, 0.1) is 11.4 Å². The molecule has 0 radical (unpaired) electrons. The molecule has 7 nitrogen and oxygen atoms in total. The summed E-state index contributed by atoms with van der Waals surface area (Å²) in [5, 5.41) is 11.2. The average molecular weight is 450 g/mol. The lowest BCUT2D eigenvalue weighted by molar-refractivity contribution is -0.121. The number of halogens is 1. The highest BCUT2D eigenvalue weighted by Gasteiger charge is 2.20. The summed E-state index contributed by atoms with van der Waals surface area (Å²) in [6, 6.07) is 3.89. The lowest BCUT2D eigenvalue weighted by atomic mass is 10.1. The topological polar surface area (TPSA) is 99.5 Å².